The largest absolute Gasteiger partial charge is 0.426 e. The van der Waals surface area contributed by atoms with E-state index >= 15 is 0 Å². The van der Waals surface area contributed by atoms with Crippen molar-refractivity contribution in [2.24, 2.45) is 4.99 Å². The van der Waals surface area contributed by atoms with Crippen LogP contribution in [0.15, 0.2) is 41.0 Å². The van der Waals surface area contributed by atoms with Crippen molar-refractivity contribution in [3.05, 3.63) is 74.0 Å². The Bertz CT molecular complexity index is 1090. The van der Waals surface area contributed by atoms with Gasteiger partial charge in [0.2, 0.25) is 5.90 Å². The van der Waals surface area contributed by atoms with Crippen LogP contribution in [0.1, 0.15) is 34.7 Å². The van der Waals surface area contributed by atoms with Crippen LogP contribution < -0.4 is 4.74 Å². The van der Waals surface area contributed by atoms with E-state index in [9.17, 15) is 19.7 Å². The maximum absolute atomic E-state index is 12.2. The van der Waals surface area contributed by atoms with Crippen molar-refractivity contribution < 1.29 is 24.0 Å². The van der Waals surface area contributed by atoms with E-state index in [1.165, 1.54) is 13.0 Å². The highest BCUT2D eigenvalue weighted by Crippen LogP contribution is 2.28. The second-order valence-corrected chi connectivity index (χ2v) is 6.67. The van der Waals surface area contributed by atoms with Gasteiger partial charge in [0.25, 0.3) is 5.69 Å². The van der Waals surface area contributed by atoms with Gasteiger partial charge >= 0.3 is 11.9 Å². The number of cyclic esters (lactones) is 1. The highest BCUT2D eigenvalue weighted by molar-refractivity contribution is 6.13. The van der Waals surface area contributed by atoms with E-state index in [0.29, 0.717) is 22.4 Å². The van der Waals surface area contributed by atoms with E-state index in [1.807, 2.05) is 0 Å². The molecule has 8 nitrogen and oxygen atoms in total. The Kier molecular flexibility index (Phi) is 5.27. The van der Waals surface area contributed by atoms with Gasteiger partial charge in [-0.05, 0) is 61.7 Å². The summed E-state index contributed by atoms with van der Waals surface area (Å²) in [5.74, 6) is -0.579. The normalized spacial score (nSPS) is 14.6. The first-order valence-corrected chi connectivity index (χ1v) is 8.73. The highest BCUT2D eigenvalue weighted by Gasteiger charge is 2.26. The van der Waals surface area contributed by atoms with Crippen LogP contribution in [0.3, 0.4) is 0 Å². The fourth-order valence-electron chi connectivity index (χ4n) is 3.00. The second-order valence-electron chi connectivity index (χ2n) is 6.67. The van der Waals surface area contributed by atoms with Crippen LogP contribution >= 0.6 is 0 Å². The Balaban J connectivity index is 1.96. The summed E-state index contributed by atoms with van der Waals surface area (Å²) >= 11 is 0. The molecule has 0 saturated carbocycles. The minimum Gasteiger partial charge on any atom is -0.426 e. The molecule has 0 bridgehead atoms. The average Bonchev–Trinajstić information content (AvgIpc) is 2.98. The van der Waals surface area contributed by atoms with Crippen LogP contribution in [0, 0.1) is 30.9 Å². The number of ether oxygens (including phenoxy) is 2. The molecule has 1 heterocycles. The van der Waals surface area contributed by atoms with E-state index < -0.39 is 16.9 Å². The number of hydrogen-bond donors (Lipinski definition) is 0. The van der Waals surface area contributed by atoms with Crippen molar-refractivity contribution in [1.29, 1.82) is 0 Å². The summed E-state index contributed by atoms with van der Waals surface area (Å²) in [6.07, 6.45) is 1.55. The number of benzene rings is 2. The SMILES string of the molecule is CC(=O)Oc1c(C)cc(/C=C2\N=C(c3ccc(C)c([N+](=O)[O-])c3)OC2=O)cc1C. The fraction of sp³-hybridized carbons (Fsp3) is 0.190. The van der Waals surface area contributed by atoms with E-state index in [4.69, 9.17) is 9.47 Å². The van der Waals surface area contributed by atoms with E-state index in [-0.39, 0.29) is 17.3 Å². The zero-order valence-corrected chi connectivity index (χ0v) is 16.3. The lowest BCUT2D eigenvalue weighted by atomic mass is 10.0. The molecule has 1 aliphatic rings. The zero-order chi connectivity index (χ0) is 21.3. The molecule has 0 radical (unpaired) electrons. The van der Waals surface area contributed by atoms with Gasteiger partial charge in [-0.25, -0.2) is 9.79 Å². The molecule has 3 rings (SSSR count). The molecule has 0 aliphatic carbocycles. The molecular formula is C21H18N2O6. The lowest BCUT2D eigenvalue weighted by Gasteiger charge is -2.10. The van der Waals surface area contributed by atoms with Crippen LogP contribution in [0.4, 0.5) is 5.69 Å². The highest BCUT2D eigenvalue weighted by atomic mass is 16.6. The molecule has 0 fully saturated rings. The molecule has 2 aromatic rings. The van der Waals surface area contributed by atoms with Gasteiger partial charge < -0.3 is 9.47 Å². The van der Waals surface area contributed by atoms with Crippen LogP contribution in [0.5, 0.6) is 5.75 Å². The molecule has 0 spiro atoms. The van der Waals surface area contributed by atoms with Crippen molar-refractivity contribution in [3.63, 3.8) is 0 Å². The predicted octanol–water partition coefficient (Wildman–Crippen LogP) is 3.79. The average molecular weight is 394 g/mol. The predicted molar refractivity (Wildman–Crippen MR) is 106 cm³/mol. The molecule has 8 heteroatoms. The van der Waals surface area contributed by atoms with Crippen molar-refractivity contribution >= 4 is 29.6 Å². The van der Waals surface area contributed by atoms with Gasteiger partial charge in [0, 0.05) is 24.1 Å². The van der Waals surface area contributed by atoms with Gasteiger partial charge in [-0.2, -0.15) is 0 Å². The summed E-state index contributed by atoms with van der Waals surface area (Å²) in [4.78, 5) is 38.3. The summed E-state index contributed by atoms with van der Waals surface area (Å²) < 4.78 is 10.4. The Morgan fingerprint density at radius 1 is 1.14 bits per heavy atom. The van der Waals surface area contributed by atoms with Gasteiger partial charge in [-0.15, -0.1) is 0 Å². The molecule has 1 aliphatic heterocycles. The third-order valence-corrected chi connectivity index (χ3v) is 4.31. The monoisotopic (exact) mass is 394 g/mol. The van der Waals surface area contributed by atoms with Crippen LogP contribution in [-0.2, 0) is 14.3 Å². The standard InChI is InChI=1S/C21H18N2O6/c1-11-5-6-16(10-18(11)23(26)27)20-22-17(21(25)29-20)9-15-7-12(2)19(13(3)8-15)28-14(4)24/h5-10H,1-4H3/b17-9-. The minimum absolute atomic E-state index is 0.00864. The maximum Gasteiger partial charge on any atom is 0.363 e. The first-order chi connectivity index (χ1) is 13.7. The number of aliphatic imine (C=N–C) groups is 1. The van der Waals surface area contributed by atoms with Gasteiger partial charge in [0.05, 0.1) is 4.92 Å². The Morgan fingerprint density at radius 3 is 2.38 bits per heavy atom. The smallest absolute Gasteiger partial charge is 0.363 e. The minimum atomic E-state index is -0.650. The van der Waals surface area contributed by atoms with Crippen LogP contribution in [0.2, 0.25) is 0 Å². The quantitative estimate of drug-likeness (QED) is 0.257. The number of carbonyl (C=O) groups is 2. The molecule has 0 amide bonds. The molecular weight excluding hydrogens is 376 g/mol. The number of aryl methyl sites for hydroxylation is 3. The molecule has 2 aromatic carbocycles. The summed E-state index contributed by atoms with van der Waals surface area (Å²) in [7, 11) is 0. The van der Waals surface area contributed by atoms with E-state index in [1.54, 1.807) is 51.1 Å². The van der Waals surface area contributed by atoms with Crippen molar-refractivity contribution in [3.8, 4) is 5.75 Å². The van der Waals surface area contributed by atoms with Gasteiger partial charge in [0.1, 0.15) is 5.75 Å². The molecule has 0 N–H and O–H groups in total. The summed E-state index contributed by atoms with van der Waals surface area (Å²) in [6.45, 7) is 6.54. The van der Waals surface area contributed by atoms with E-state index in [2.05, 4.69) is 4.99 Å². The molecule has 0 unspecified atom stereocenters. The molecule has 0 aromatic heterocycles. The second kappa shape index (κ2) is 7.67. The summed E-state index contributed by atoms with van der Waals surface area (Å²) in [6, 6.07) is 8.03. The lowest BCUT2D eigenvalue weighted by Crippen LogP contribution is -2.06. The number of nitro benzene ring substituents is 1. The lowest BCUT2D eigenvalue weighted by molar-refractivity contribution is -0.385. The number of nitrogens with zero attached hydrogens (tertiary/aromatic N) is 2. The number of rotatable bonds is 4. The Morgan fingerprint density at radius 2 is 1.79 bits per heavy atom. The van der Waals surface area contributed by atoms with Gasteiger partial charge in [-0.1, -0.05) is 6.07 Å². The molecule has 0 saturated heterocycles. The van der Waals surface area contributed by atoms with Gasteiger partial charge in [0.15, 0.2) is 5.70 Å². The zero-order valence-electron chi connectivity index (χ0n) is 16.3. The third-order valence-electron chi connectivity index (χ3n) is 4.31. The van der Waals surface area contributed by atoms with Crippen molar-refractivity contribution in [2.45, 2.75) is 27.7 Å². The van der Waals surface area contributed by atoms with Gasteiger partial charge in [-0.3, -0.25) is 14.9 Å². The molecule has 0 atom stereocenters. The first-order valence-electron chi connectivity index (χ1n) is 8.73. The number of hydrogen-bond acceptors (Lipinski definition) is 7. The van der Waals surface area contributed by atoms with Crippen molar-refractivity contribution in [2.75, 3.05) is 0 Å². The summed E-state index contributed by atoms with van der Waals surface area (Å²) in [5.41, 5.74) is 2.99. The summed E-state index contributed by atoms with van der Waals surface area (Å²) in [5, 5.41) is 11.1. The first kappa shape index (κ1) is 19.9. The van der Waals surface area contributed by atoms with Crippen LogP contribution in [0.25, 0.3) is 6.08 Å². The maximum atomic E-state index is 12.2. The molecule has 148 valence electrons. The Hall–Kier alpha value is -3.81. The number of esters is 2. The molecule has 29 heavy (non-hydrogen) atoms. The van der Waals surface area contributed by atoms with Crippen molar-refractivity contribution in [1.82, 2.24) is 0 Å². The Labute approximate surface area is 166 Å². The van der Waals surface area contributed by atoms with Crippen LogP contribution in [-0.4, -0.2) is 22.8 Å². The topological polar surface area (TPSA) is 108 Å². The number of carbonyl (C=O) groups excluding carboxylic acids is 2. The fourth-order valence-corrected chi connectivity index (χ4v) is 3.00. The van der Waals surface area contributed by atoms with E-state index in [0.717, 1.165) is 11.1 Å². The number of nitro groups is 1. The third kappa shape index (κ3) is 4.21.